The average molecular weight is 432 g/mol. The second-order valence-electron chi connectivity index (χ2n) is 6.54. The summed E-state index contributed by atoms with van der Waals surface area (Å²) in [7, 11) is 0. The van der Waals surface area contributed by atoms with Crippen molar-refractivity contribution in [2.24, 2.45) is 0 Å². The molecule has 2 aromatic carbocycles. The lowest BCUT2D eigenvalue weighted by Crippen LogP contribution is -2.23. The van der Waals surface area contributed by atoms with Gasteiger partial charge in [-0.1, -0.05) is 41.6 Å². The first-order valence-electron chi connectivity index (χ1n) is 8.85. The second-order valence-corrected chi connectivity index (χ2v) is 7.94. The van der Waals surface area contributed by atoms with E-state index >= 15 is 0 Å². The van der Waals surface area contributed by atoms with E-state index in [2.05, 4.69) is 15.3 Å². The molecule has 3 aromatic rings. The Kier molecular flexibility index (Phi) is 6.71. The first kappa shape index (κ1) is 21.1. The molecule has 0 aliphatic carbocycles. The van der Waals surface area contributed by atoms with E-state index in [1.54, 1.807) is 32.0 Å². The van der Waals surface area contributed by atoms with Gasteiger partial charge >= 0.3 is 0 Å². The van der Waals surface area contributed by atoms with Gasteiger partial charge in [0.2, 0.25) is 5.91 Å². The number of amides is 1. The van der Waals surface area contributed by atoms with Gasteiger partial charge < -0.3 is 10.3 Å². The molecule has 0 saturated carbocycles. The number of hydrogen-bond acceptors (Lipinski definition) is 4. The van der Waals surface area contributed by atoms with E-state index in [9.17, 15) is 14.0 Å². The number of rotatable bonds is 6. The number of carbonyl (C=O) groups is 1. The molecular weight excluding hydrogens is 413 g/mol. The number of aromatic amines is 1. The van der Waals surface area contributed by atoms with Crippen molar-refractivity contribution in [1.82, 2.24) is 9.97 Å². The molecule has 0 radical (unpaired) electrons. The van der Waals surface area contributed by atoms with Crippen molar-refractivity contribution in [3.05, 3.63) is 86.0 Å². The fourth-order valence-electron chi connectivity index (χ4n) is 2.68. The lowest BCUT2D eigenvalue weighted by atomic mass is 10.1. The van der Waals surface area contributed by atoms with E-state index in [0.29, 0.717) is 32.9 Å². The zero-order valence-electron chi connectivity index (χ0n) is 15.9. The van der Waals surface area contributed by atoms with E-state index in [1.165, 1.54) is 17.8 Å². The summed E-state index contributed by atoms with van der Waals surface area (Å²) in [5.41, 5.74) is 2.24. The van der Waals surface area contributed by atoms with Crippen LogP contribution < -0.4 is 10.9 Å². The number of H-pyrrole nitrogens is 1. The summed E-state index contributed by atoms with van der Waals surface area (Å²) in [6.45, 7) is 3.33. The molecule has 0 atom stereocenters. The number of thioether (sulfide) groups is 1. The summed E-state index contributed by atoms with van der Waals surface area (Å²) < 4.78 is 13.6. The molecule has 1 heterocycles. The molecule has 3 rings (SSSR count). The quantitative estimate of drug-likeness (QED) is 0.440. The summed E-state index contributed by atoms with van der Waals surface area (Å²) in [5.74, 6) is -0.218. The fourth-order valence-corrected chi connectivity index (χ4v) is 3.74. The molecule has 0 spiro atoms. The molecule has 5 nitrogen and oxygen atoms in total. The minimum atomic E-state index is -0.414. The number of carbonyl (C=O) groups excluding carboxylic acids is 1. The Morgan fingerprint density at radius 3 is 2.72 bits per heavy atom. The van der Waals surface area contributed by atoms with Gasteiger partial charge in [-0.05, 0) is 49.2 Å². The van der Waals surface area contributed by atoms with Crippen LogP contribution in [0, 0.1) is 19.7 Å². The number of anilines is 1. The molecule has 0 bridgehead atoms. The molecule has 2 N–H and O–H groups in total. The molecule has 150 valence electrons. The van der Waals surface area contributed by atoms with Crippen LogP contribution in [0.4, 0.5) is 10.1 Å². The fraction of sp³-hybridized carbons (Fsp3) is 0.190. The van der Waals surface area contributed by atoms with Crippen molar-refractivity contribution in [1.29, 1.82) is 0 Å². The monoisotopic (exact) mass is 431 g/mol. The van der Waals surface area contributed by atoms with Crippen LogP contribution in [-0.2, 0) is 17.0 Å². The maximum Gasteiger partial charge on any atom is 0.255 e. The third kappa shape index (κ3) is 5.68. The summed E-state index contributed by atoms with van der Waals surface area (Å²) >= 11 is 7.36. The van der Waals surface area contributed by atoms with Gasteiger partial charge in [-0.15, -0.1) is 0 Å². The van der Waals surface area contributed by atoms with Gasteiger partial charge in [-0.25, -0.2) is 9.37 Å². The molecular formula is C21H19ClFN3O2S. The predicted octanol–water partition coefficient (Wildman–Crippen LogP) is 4.65. The van der Waals surface area contributed by atoms with Gasteiger partial charge in [0.25, 0.3) is 5.56 Å². The van der Waals surface area contributed by atoms with E-state index in [0.717, 1.165) is 5.56 Å². The zero-order valence-corrected chi connectivity index (χ0v) is 17.5. The normalized spacial score (nSPS) is 10.8. The number of aryl methyl sites for hydroxylation is 2. The first-order valence-corrected chi connectivity index (χ1v) is 10.2. The SMILES string of the molecule is Cc1ccc(NC(=O)Cc2c(C)nc(SCc3cccc(Cl)c3)[nH]c2=O)cc1F. The maximum atomic E-state index is 13.6. The van der Waals surface area contributed by atoms with Crippen LogP contribution >= 0.6 is 23.4 Å². The van der Waals surface area contributed by atoms with Gasteiger partial charge in [0, 0.05) is 27.7 Å². The highest BCUT2D eigenvalue weighted by Gasteiger charge is 2.14. The molecule has 29 heavy (non-hydrogen) atoms. The Morgan fingerprint density at radius 1 is 1.24 bits per heavy atom. The Morgan fingerprint density at radius 2 is 2.03 bits per heavy atom. The van der Waals surface area contributed by atoms with Gasteiger partial charge in [-0.3, -0.25) is 9.59 Å². The Bertz CT molecular complexity index is 1120. The van der Waals surface area contributed by atoms with Crippen LogP contribution in [0.5, 0.6) is 0 Å². The molecule has 0 fully saturated rings. The summed E-state index contributed by atoms with van der Waals surface area (Å²) in [6.07, 6.45) is -0.150. The largest absolute Gasteiger partial charge is 0.326 e. The van der Waals surface area contributed by atoms with Gasteiger partial charge in [0.15, 0.2) is 5.16 Å². The van der Waals surface area contributed by atoms with Gasteiger partial charge in [0.1, 0.15) is 5.82 Å². The first-order chi connectivity index (χ1) is 13.8. The minimum Gasteiger partial charge on any atom is -0.326 e. The van der Waals surface area contributed by atoms with Crippen molar-refractivity contribution in [3.8, 4) is 0 Å². The lowest BCUT2D eigenvalue weighted by Gasteiger charge is -2.09. The van der Waals surface area contributed by atoms with Crippen LogP contribution in [0.1, 0.15) is 22.4 Å². The summed E-state index contributed by atoms with van der Waals surface area (Å²) in [6, 6.07) is 11.9. The van der Waals surface area contributed by atoms with Crippen LogP contribution in [0.25, 0.3) is 0 Å². The molecule has 8 heteroatoms. The molecule has 0 unspecified atom stereocenters. The molecule has 1 aromatic heterocycles. The van der Waals surface area contributed by atoms with E-state index < -0.39 is 11.7 Å². The minimum absolute atomic E-state index is 0.150. The number of benzene rings is 2. The highest BCUT2D eigenvalue weighted by molar-refractivity contribution is 7.98. The Labute approximate surface area is 176 Å². The number of aromatic nitrogens is 2. The molecule has 0 saturated heterocycles. The van der Waals surface area contributed by atoms with Crippen LogP contribution in [0.3, 0.4) is 0 Å². The Hall–Kier alpha value is -2.64. The number of halogens is 2. The number of nitrogens with one attached hydrogen (secondary N) is 2. The third-order valence-corrected chi connectivity index (χ3v) is 5.44. The van der Waals surface area contributed by atoms with Crippen molar-refractivity contribution < 1.29 is 9.18 Å². The third-order valence-electron chi connectivity index (χ3n) is 4.26. The number of nitrogens with zero attached hydrogens (tertiary/aromatic N) is 1. The van der Waals surface area contributed by atoms with E-state index in [-0.39, 0.29) is 17.5 Å². The average Bonchev–Trinajstić information content (AvgIpc) is 2.66. The van der Waals surface area contributed by atoms with Crippen molar-refractivity contribution in [2.45, 2.75) is 31.2 Å². The molecule has 1 amide bonds. The van der Waals surface area contributed by atoms with Crippen molar-refractivity contribution in [3.63, 3.8) is 0 Å². The zero-order chi connectivity index (χ0) is 21.0. The second kappa shape index (κ2) is 9.24. The molecule has 0 aliphatic rings. The topological polar surface area (TPSA) is 74.8 Å². The van der Waals surface area contributed by atoms with Crippen molar-refractivity contribution in [2.75, 3.05) is 5.32 Å². The smallest absolute Gasteiger partial charge is 0.255 e. The van der Waals surface area contributed by atoms with E-state index in [4.69, 9.17) is 11.6 Å². The number of hydrogen-bond donors (Lipinski definition) is 2. The highest BCUT2D eigenvalue weighted by atomic mass is 35.5. The van der Waals surface area contributed by atoms with Crippen LogP contribution in [0.15, 0.2) is 52.4 Å². The maximum absolute atomic E-state index is 13.6. The molecule has 0 aliphatic heterocycles. The van der Waals surface area contributed by atoms with E-state index in [1.807, 2.05) is 18.2 Å². The Balaban J connectivity index is 1.67. The lowest BCUT2D eigenvalue weighted by molar-refractivity contribution is -0.115. The predicted molar refractivity (Wildman–Crippen MR) is 114 cm³/mol. The summed E-state index contributed by atoms with van der Waals surface area (Å²) in [5, 5.41) is 3.72. The van der Waals surface area contributed by atoms with Gasteiger partial charge in [0.05, 0.1) is 6.42 Å². The van der Waals surface area contributed by atoms with Gasteiger partial charge in [-0.2, -0.15) is 0 Å². The standard InChI is InChI=1S/C21H19ClFN3O2S/c1-12-6-7-16(9-18(12)23)25-19(27)10-17-13(2)24-21(26-20(17)28)29-11-14-4-3-5-15(22)8-14/h3-9H,10-11H2,1-2H3,(H,25,27)(H,24,26,28). The van der Waals surface area contributed by atoms with Crippen LogP contribution in [0.2, 0.25) is 5.02 Å². The van der Waals surface area contributed by atoms with Crippen LogP contribution in [-0.4, -0.2) is 15.9 Å². The summed E-state index contributed by atoms with van der Waals surface area (Å²) in [4.78, 5) is 31.8. The highest BCUT2D eigenvalue weighted by Crippen LogP contribution is 2.21. The van der Waals surface area contributed by atoms with Crippen molar-refractivity contribution >= 4 is 35.0 Å².